The first-order valence-electron chi connectivity index (χ1n) is 9.03. The van der Waals surface area contributed by atoms with Crippen molar-refractivity contribution in [2.45, 2.75) is 19.0 Å². The molecule has 150 valence electrons. The number of aromatic hydroxyl groups is 1. The molecule has 0 unspecified atom stereocenters. The first kappa shape index (κ1) is 18.9. The Morgan fingerprint density at radius 3 is 2.83 bits per heavy atom. The van der Waals surface area contributed by atoms with E-state index < -0.39 is 34.6 Å². The lowest BCUT2D eigenvalue weighted by Crippen LogP contribution is -2.44. The van der Waals surface area contributed by atoms with Gasteiger partial charge in [0, 0.05) is 37.5 Å². The maximum atomic E-state index is 13.7. The van der Waals surface area contributed by atoms with Crippen molar-refractivity contribution in [3.63, 3.8) is 0 Å². The van der Waals surface area contributed by atoms with Gasteiger partial charge in [0.05, 0.1) is 6.04 Å². The van der Waals surface area contributed by atoms with E-state index in [1.807, 2.05) is 12.2 Å². The molecule has 7 nitrogen and oxygen atoms in total. The number of hydrogen-bond acceptors (Lipinski definition) is 4. The van der Waals surface area contributed by atoms with E-state index in [9.17, 15) is 28.3 Å². The van der Waals surface area contributed by atoms with E-state index in [-0.39, 0.29) is 29.4 Å². The summed E-state index contributed by atoms with van der Waals surface area (Å²) in [5.41, 5.74) is -1.46. The predicted molar refractivity (Wildman–Crippen MR) is 98.6 cm³/mol. The first-order chi connectivity index (χ1) is 13.9. The largest absolute Gasteiger partial charge is 0.503 e. The second-order valence-corrected chi connectivity index (χ2v) is 6.93. The summed E-state index contributed by atoms with van der Waals surface area (Å²) in [6.07, 6.45) is 5.65. The van der Waals surface area contributed by atoms with E-state index in [0.717, 1.165) is 6.07 Å². The quantitative estimate of drug-likeness (QED) is 0.767. The minimum atomic E-state index is -0.981. The molecule has 0 fully saturated rings. The summed E-state index contributed by atoms with van der Waals surface area (Å²) >= 11 is 0. The van der Waals surface area contributed by atoms with Gasteiger partial charge in [0.25, 0.3) is 11.8 Å². The van der Waals surface area contributed by atoms with Gasteiger partial charge in [-0.2, -0.15) is 0 Å². The first-order valence-corrected chi connectivity index (χ1v) is 9.03. The van der Waals surface area contributed by atoms with Gasteiger partial charge in [-0.1, -0.05) is 18.2 Å². The van der Waals surface area contributed by atoms with Gasteiger partial charge in [0.15, 0.2) is 11.4 Å². The Labute approximate surface area is 163 Å². The van der Waals surface area contributed by atoms with Crippen LogP contribution in [0.1, 0.15) is 38.9 Å². The molecule has 4 rings (SSSR count). The van der Waals surface area contributed by atoms with Crippen LogP contribution in [0.15, 0.2) is 41.3 Å². The molecule has 0 saturated carbocycles. The highest BCUT2D eigenvalue weighted by Crippen LogP contribution is 2.29. The highest BCUT2D eigenvalue weighted by atomic mass is 19.1. The summed E-state index contributed by atoms with van der Waals surface area (Å²) in [5, 5.41) is 12.8. The third kappa shape index (κ3) is 3.28. The van der Waals surface area contributed by atoms with Gasteiger partial charge in [0.1, 0.15) is 17.2 Å². The van der Waals surface area contributed by atoms with E-state index in [2.05, 4.69) is 5.32 Å². The fourth-order valence-corrected chi connectivity index (χ4v) is 3.57. The molecule has 2 N–H and O–H groups in total. The number of amides is 2. The number of halogens is 2. The number of carbonyl (C=O) groups is 2. The third-order valence-electron chi connectivity index (χ3n) is 5.09. The van der Waals surface area contributed by atoms with Crippen LogP contribution in [0.5, 0.6) is 5.75 Å². The van der Waals surface area contributed by atoms with E-state index >= 15 is 0 Å². The van der Waals surface area contributed by atoms with Crippen molar-refractivity contribution >= 4 is 11.8 Å². The van der Waals surface area contributed by atoms with Crippen molar-refractivity contribution in [3.05, 3.63) is 75.2 Å². The van der Waals surface area contributed by atoms with Crippen molar-refractivity contribution in [1.82, 2.24) is 14.8 Å². The molecule has 2 bridgehead atoms. The monoisotopic (exact) mass is 401 g/mol. The van der Waals surface area contributed by atoms with Gasteiger partial charge in [0.2, 0.25) is 5.43 Å². The Morgan fingerprint density at radius 2 is 2.07 bits per heavy atom. The molecule has 1 aromatic carbocycles. The van der Waals surface area contributed by atoms with Crippen molar-refractivity contribution in [2.24, 2.45) is 0 Å². The van der Waals surface area contributed by atoms with Crippen LogP contribution in [-0.2, 0) is 6.54 Å². The van der Waals surface area contributed by atoms with E-state index in [4.69, 9.17) is 0 Å². The molecular formula is C20H17F2N3O4. The Kier molecular flexibility index (Phi) is 4.65. The summed E-state index contributed by atoms with van der Waals surface area (Å²) in [5.74, 6) is -3.67. The maximum absolute atomic E-state index is 13.7. The predicted octanol–water partition coefficient (Wildman–Crippen LogP) is 1.72. The Morgan fingerprint density at radius 1 is 1.28 bits per heavy atom. The highest BCUT2D eigenvalue weighted by molar-refractivity contribution is 5.99. The number of carbonyl (C=O) groups excluding carboxylic acids is 2. The minimum absolute atomic E-state index is 0.0413. The normalized spacial score (nSPS) is 17.7. The molecule has 0 spiro atoms. The van der Waals surface area contributed by atoms with Crippen LogP contribution in [0.4, 0.5) is 8.78 Å². The van der Waals surface area contributed by atoms with Gasteiger partial charge < -0.3 is 19.9 Å². The summed E-state index contributed by atoms with van der Waals surface area (Å²) in [6, 6.07) is 2.61. The standard InChI is InChI=1S/C20H17F2N3O4/c21-12-5-4-11(15(22)7-12)8-23-19(28)14-10-25-13-3-1-2-6-24(9-13)20(29)16(25)18(27)17(14)26/h1,3-5,7,10,13,27H,2,6,8-9H2,(H,23,28)/t13-/m0/s1. The van der Waals surface area contributed by atoms with E-state index in [1.165, 1.54) is 16.8 Å². The van der Waals surface area contributed by atoms with Crippen LogP contribution in [0.25, 0.3) is 0 Å². The van der Waals surface area contributed by atoms with Crippen molar-refractivity contribution < 1.29 is 23.5 Å². The number of nitrogens with one attached hydrogen (secondary N) is 1. The molecule has 9 heteroatoms. The van der Waals surface area contributed by atoms with Crippen molar-refractivity contribution in [2.75, 3.05) is 13.1 Å². The zero-order chi connectivity index (χ0) is 20.7. The van der Waals surface area contributed by atoms with E-state index in [0.29, 0.717) is 25.6 Å². The third-order valence-corrected chi connectivity index (χ3v) is 5.09. The Hall–Kier alpha value is -3.49. The zero-order valence-corrected chi connectivity index (χ0v) is 15.2. The summed E-state index contributed by atoms with van der Waals surface area (Å²) in [4.78, 5) is 39.2. The van der Waals surface area contributed by atoms with Crippen molar-refractivity contribution in [3.8, 4) is 5.75 Å². The number of aromatic nitrogens is 1. The molecule has 2 aliphatic heterocycles. The molecular weight excluding hydrogens is 384 g/mol. The van der Waals surface area contributed by atoms with Crippen LogP contribution in [0, 0.1) is 11.6 Å². The topological polar surface area (TPSA) is 91.6 Å². The van der Waals surface area contributed by atoms with Crippen LogP contribution in [-0.4, -0.2) is 39.5 Å². The summed E-state index contributed by atoms with van der Waals surface area (Å²) in [7, 11) is 0. The number of nitrogens with zero attached hydrogens (tertiary/aromatic N) is 2. The lowest BCUT2D eigenvalue weighted by molar-refractivity contribution is 0.0687. The van der Waals surface area contributed by atoms with E-state index in [1.54, 1.807) is 4.90 Å². The average Bonchev–Trinajstić information content (AvgIpc) is 2.91. The molecule has 1 aromatic heterocycles. The number of hydrogen-bond donors (Lipinski definition) is 2. The number of benzene rings is 1. The molecule has 0 saturated heterocycles. The molecule has 2 aliphatic rings. The Bertz CT molecular complexity index is 1110. The number of pyridine rings is 1. The second-order valence-electron chi connectivity index (χ2n) is 6.93. The SMILES string of the molecule is O=C(NCc1ccc(F)cc1F)c1cn2c(c(O)c1=O)C(=O)N1CCC=C[C@H]2C1. The minimum Gasteiger partial charge on any atom is -0.503 e. The van der Waals surface area contributed by atoms with Crippen LogP contribution in [0.3, 0.4) is 0 Å². The van der Waals surface area contributed by atoms with Gasteiger partial charge >= 0.3 is 0 Å². The van der Waals surface area contributed by atoms with Crippen LogP contribution >= 0.6 is 0 Å². The Balaban J connectivity index is 1.67. The van der Waals surface area contributed by atoms with Crippen molar-refractivity contribution in [1.29, 1.82) is 0 Å². The fraction of sp³-hybridized carbons (Fsp3) is 0.250. The van der Waals surface area contributed by atoms with Gasteiger partial charge in [-0.05, 0) is 12.5 Å². The zero-order valence-electron chi connectivity index (χ0n) is 15.2. The highest BCUT2D eigenvalue weighted by Gasteiger charge is 2.35. The lowest BCUT2D eigenvalue weighted by Gasteiger charge is -2.33. The van der Waals surface area contributed by atoms with Crippen LogP contribution < -0.4 is 10.7 Å². The molecule has 3 heterocycles. The molecule has 29 heavy (non-hydrogen) atoms. The second kappa shape index (κ2) is 7.16. The van der Waals surface area contributed by atoms with Crippen LogP contribution in [0.2, 0.25) is 0 Å². The van der Waals surface area contributed by atoms with Gasteiger partial charge in [-0.3, -0.25) is 14.4 Å². The smallest absolute Gasteiger partial charge is 0.274 e. The molecule has 2 aromatic rings. The fourth-order valence-electron chi connectivity index (χ4n) is 3.57. The van der Waals surface area contributed by atoms with Gasteiger partial charge in [-0.25, -0.2) is 8.78 Å². The average molecular weight is 401 g/mol. The molecule has 1 atom stereocenters. The molecule has 2 amide bonds. The van der Waals surface area contributed by atoms with Gasteiger partial charge in [-0.15, -0.1) is 0 Å². The maximum Gasteiger partial charge on any atom is 0.274 e. The molecule has 0 radical (unpaired) electrons. The number of fused-ring (bicyclic) bond motifs is 4. The molecule has 0 aliphatic carbocycles. The number of rotatable bonds is 3. The summed E-state index contributed by atoms with van der Waals surface area (Å²) in [6.45, 7) is 0.570. The summed E-state index contributed by atoms with van der Waals surface area (Å²) < 4.78 is 28.2. The lowest BCUT2D eigenvalue weighted by atomic mass is 10.1.